The molecule has 4 rings (SSSR count). The van der Waals surface area contributed by atoms with Crippen molar-refractivity contribution in [1.82, 2.24) is 9.55 Å². The van der Waals surface area contributed by atoms with Gasteiger partial charge in [0.15, 0.2) is 10.9 Å². The Morgan fingerprint density at radius 3 is 2.50 bits per heavy atom. The van der Waals surface area contributed by atoms with Gasteiger partial charge in [-0.25, -0.2) is 4.98 Å². The zero-order chi connectivity index (χ0) is 19.3. The highest BCUT2D eigenvalue weighted by Gasteiger charge is 2.19. The second-order valence-corrected chi connectivity index (χ2v) is 8.35. The molecule has 5 heteroatoms. The number of carbonyl (C=O) groups excluding carboxylic acids is 1. The van der Waals surface area contributed by atoms with Crippen LogP contribution in [0.15, 0.2) is 64.5 Å². The Kier molecular flexibility index (Phi) is 5.91. The fourth-order valence-electron chi connectivity index (χ4n) is 3.88. The van der Waals surface area contributed by atoms with Crippen molar-refractivity contribution in [3.05, 3.63) is 70.5 Å². The van der Waals surface area contributed by atoms with Crippen molar-refractivity contribution < 1.29 is 4.79 Å². The number of nitrogens with zero attached hydrogens (tertiary/aromatic N) is 2. The molecule has 0 radical (unpaired) electrons. The Hall–Kier alpha value is -2.40. The molecule has 4 nitrogen and oxygen atoms in total. The number of thioether (sulfide) groups is 1. The second-order valence-electron chi connectivity index (χ2n) is 7.41. The first kappa shape index (κ1) is 18.9. The van der Waals surface area contributed by atoms with Crippen LogP contribution in [0, 0.1) is 5.92 Å². The summed E-state index contributed by atoms with van der Waals surface area (Å²) in [5.74, 6) is 0.843. The van der Waals surface area contributed by atoms with Gasteiger partial charge in [0.1, 0.15) is 0 Å². The first-order valence-corrected chi connectivity index (χ1v) is 10.9. The molecule has 0 saturated heterocycles. The van der Waals surface area contributed by atoms with E-state index in [0.29, 0.717) is 34.1 Å². The number of fused-ring (bicyclic) bond motifs is 1. The molecular formula is C23H24N2O2S. The predicted octanol–water partition coefficient (Wildman–Crippen LogP) is 4.95. The maximum Gasteiger partial charge on any atom is 0.262 e. The molecule has 0 unspecified atom stereocenters. The first-order chi connectivity index (χ1) is 13.7. The molecular weight excluding hydrogens is 368 g/mol. The Balaban J connectivity index is 1.64. The summed E-state index contributed by atoms with van der Waals surface area (Å²) in [6.07, 6.45) is 6.07. The van der Waals surface area contributed by atoms with E-state index in [1.54, 1.807) is 4.57 Å². The fraction of sp³-hybridized carbons (Fsp3) is 0.348. The van der Waals surface area contributed by atoms with Gasteiger partial charge in [-0.2, -0.15) is 0 Å². The minimum absolute atomic E-state index is 0.00540. The highest BCUT2D eigenvalue weighted by molar-refractivity contribution is 7.99. The molecule has 28 heavy (non-hydrogen) atoms. The molecule has 1 aliphatic rings. The SMILES string of the molecule is O=C(CSc1nc2ccccc2c(=O)n1CC1CCCCC1)c1ccccc1. The van der Waals surface area contributed by atoms with Gasteiger partial charge in [-0.05, 0) is 30.9 Å². The number of rotatable bonds is 6. The zero-order valence-corrected chi connectivity index (χ0v) is 16.7. The standard InChI is InChI=1S/C23H24N2O2S/c26-21(18-11-5-2-6-12-18)16-28-23-24-20-14-8-7-13-19(20)22(27)25(23)15-17-9-3-1-4-10-17/h2,5-8,11-14,17H,1,3-4,9-10,15-16H2. The van der Waals surface area contributed by atoms with Gasteiger partial charge in [0, 0.05) is 12.1 Å². The number of hydrogen-bond donors (Lipinski definition) is 0. The molecule has 1 heterocycles. The lowest BCUT2D eigenvalue weighted by Crippen LogP contribution is -2.28. The summed E-state index contributed by atoms with van der Waals surface area (Å²) in [6.45, 7) is 0.693. The van der Waals surface area contributed by atoms with Gasteiger partial charge in [-0.15, -0.1) is 0 Å². The van der Waals surface area contributed by atoms with Crippen molar-refractivity contribution in [2.45, 2.75) is 43.8 Å². The maximum absolute atomic E-state index is 13.2. The lowest BCUT2D eigenvalue weighted by atomic mass is 9.89. The maximum atomic E-state index is 13.2. The Morgan fingerprint density at radius 1 is 1.00 bits per heavy atom. The number of para-hydroxylation sites is 1. The van der Waals surface area contributed by atoms with Gasteiger partial charge < -0.3 is 0 Å². The summed E-state index contributed by atoms with van der Waals surface area (Å²) in [7, 11) is 0. The van der Waals surface area contributed by atoms with Crippen LogP contribution in [0.2, 0.25) is 0 Å². The van der Waals surface area contributed by atoms with E-state index >= 15 is 0 Å². The van der Waals surface area contributed by atoms with E-state index in [4.69, 9.17) is 4.98 Å². The molecule has 144 valence electrons. The normalized spacial score (nSPS) is 15.0. The Bertz CT molecular complexity index is 1020. The van der Waals surface area contributed by atoms with Crippen LogP contribution in [0.5, 0.6) is 0 Å². The topological polar surface area (TPSA) is 52.0 Å². The number of Topliss-reactive ketones (excluding diaryl/α,β-unsaturated/α-hetero) is 1. The van der Waals surface area contributed by atoms with Gasteiger partial charge >= 0.3 is 0 Å². The van der Waals surface area contributed by atoms with Crippen LogP contribution in [0.1, 0.15) is 42.5 Å². The third kappa shape index (κ3) is 4.20. The predicted molar refractivity (Wildman–Crippen MR) is 114 cm³/mol. The van der Waals surface area contributed by atoms with Crippen LogP contribution >= 0.6 is 11.8 Å². The Morgan fingerprint density at radius 2 is 1.71 bits per heavy atom. The van der Waals surface area contributed by atoms with Crippen molar-refractivity contribution in [2.24, 2.45) is 5.92 Å². The van der Waals surface area contributed by atoms with Crippen LogP contribution < -0.4 is 5.56 Å². The van der Waals surface area contributed by atoms with Crippen LogP contribution in [0.25, 0.3) is 10.9 Å². The second kappa shape index (κ2) is 8.74. The molecule has 0 aliphatic heterocycles. The minimum Gasteiger partial charge on any atom is -0.293 e. The van der Waals surface area contributed by atoms with E-state index in [0.717, 1.165) is 12.8 Å². The van der Waals surface area contributed by atoms with E-state index in [2.05, 4.69) is 0 Å². The lowest BCUT2D eigenvalue weighted by Gasteiger charge is -2.23. The average Bonchev–Trinajstić information content (AvgIpc) is 2.75. The zero-order valence-electron chi connectivity index (χ0n) is 15.8. The van der Waals surface area contributed by atoms with Crippen molar-refractivity contribution in [1.29, 1.82) is 0 Å². The van der Waals surface area contributed by atoms with Crippen molar-refractivity contribution >= 4 is 28.4 Å². The van der Waals surface area contributed by atoms with Gasteiger partial charge in [0.2, 0.25) is 0 Å². The first-order valence-electron chi connectivity index (χ1n) is 9.93. The van der Waals surface area contributed by atoms with Gasteiger partial charge in [0.05, 0.1) is 16.7 Å². The van der Waals surface area contributed by atoms with Crippen molar-refractivity contribution in [3.8, 4) is 0 Å². The summed E-state index contributed by atoms with van der Waals surface area (Å²) in [4.78, 5) is 30.4. The molecule has 1 aliphatic carbocycles. The summed E-state index contributed by atoms with van der Waals surface area (Å²) in [6, 6.07) is 16.8. The molecule has 0 atom stereocenters. The van der Waals surface area contributed by atoms with Crippen LogP contribution in [-0.4, -0.2) is 21.1 Å². The number of aromatic nitrogens is 2. The van der Waals surface area contributed by atoms with Crippen LogP contribution in [0.3, 0.4) is 0 Å². The highest BCUT2D eigenvalue weighted by Crippen LogP contribution is 2.27. The van der Waals surface area contributed by atoms with E-state index in [9.17, 15) is 9.59 Å². The Labute approximate surface area is 169 Å². The van der Waals surface area contributed by atoms with Gasteiger partial charge in [-0.3, -0.25) is 14.2 Å². The third-order valence-corrected chi connectivity index (χ3v) is 6.40. The molecule has 0 N–H and O–H groups in total. The van der Waals surface area contributed by atoms with Gasteiger partial charge in [-0.1, -0.05) is 73.5 Å². The largest absolute Gasteiger partial charge is 0.293 e. The van der Waals surface area contributed by atoms with E-state index < -0.39 is 0 Å². The number of ketones is 1. The molecule has 3 aromatic rings. The molecule has 0 bridgehead atoms. The molecule has 1 saturated carbocycles. The van der Waals surface area contributed by atoms with Crippen molar-refractivity contribution in [3.63, 3.8) is 0 Å². The highest BCUT2D eigenvalue weighted by atomic mass is 32.2. The molecule has 0 amide bonds. The van der Waals surface area contributed by atoms with Crippen molar-refractivity contribution in [2.75, 3.05) is 5.75 Å². The molecule has 2 aromatic carbocycles. The smallest absolute Gasteiger partial charge is 0.262 e. The van der Waals surface area contributed by atoms with E-state index in [1.165, 1.54) is 31.0 Å². The van der Waals surface area contributed by atoms with Crippen LogP contribution in [-0.2, 0) is 6.54 Å². The third-order valence-electron chi connectivity index (χ3n) is 5.42. The summed E-state index contributed by atoms with van der Waals surface area (Å²) in [5.41, 5.74) is 1.39. The van der Waals surface area contributed by atoms with E-state index in [-0.39, 0.29) is 17.1 Å². The summed E-state index contributed by atoms with van der Waals surface area (Å²) in [5, 5.41) is 1.30. The number of hydrogen-bond acceptors (Lipinski definition) is 4. The lowest BCUT2D eigenvalue weighted by molar-refractivity contribution is 0.102. The molecule has 1 fully saturated rings. The molecule has 1 aromatic heterocycles. The quantitative estimate of drug-likeness (QED) is 0.338. The van der Waals surface area contributed by atoms with Gasteiger partial charge in [0.25, 0.3) is 5.56 Å². The summed E-state index contributed by atoms with van der Waals surface area (Å²) >= 11 is 1.37. The van der Waals surface area contributed by atoms with E-state index in [1.807, 2.05) is 54.6 Å². The molecule has 0 spiro atoms. The fourth-order valence-corrected chi connectivity index (χ4v) is 4.79. The minimum atomic E-state index is 0.00540. The number of carbonyl (C=O) groups is 1. The monoisotopic (exact) mass is 392 g/mol. The van der Waals surface area contributed by atoms with Crippen LogP contribution in [0.4, 0.5) is 0 Å². The summed E-state index contributed by atoms with van der Waals surface area (Å²) < 4.78 is 1.81. The average molecular weight is 393 g/mol. The number of benzene rings is 2.